The minimum Gasteiger partial charge on any atom is -0.462 e. The number of alkyl halides is 5. The van der Waals surface area contributed by atoms with Crippen molar-refractivity contribution >= 4 is 11.5 Å². The van der Waals surface area contributed by atoms with Crippen LogP contribution >= 0.6 is 0 Å². The van der Waals surface area contributed by atoms with Gasteiger partial charge in [-0.15, -0.1) is 0 Å². The molecule has 0 saturated heterocycles. The first-order valence-corrected chi connectivity index (χ1v) is 5.54. The molecule has 1 aromatic carbocycles. The number of hydrogen-bond acceptors (Lipinski definition) is 2. The standard InChI is InChI=1S/C13H11F5O2/c1-3-20-12(19)10-8(7(2)13(16,17)18)5-4-6-9(10)11(14)15/h4-6,11H,2-3H2,1H3. The highest BCUT2D eigenvalue weighted by atomic mass is 19.4. The largest absolute Gasteiger partial charge is 0.462 e. The molecule has 0 N–H and O–H groups in total. The molecule has 0 amide bonds. The van der Waals surface area contributed by atoms with Crippen LogP contribution in [-0.2, 0) is 4.74 Å². The van der Waals surface area contributed by atoms with Gasteiger partial charge in [-0.25, -0.2) is 13.6 Å². The third kappa shape index (κ3) is 3.34. The van der Waals surface area contributed by atoms with Crippen LogP contribution in [0.4, 0.5) is 22.0 Å². The average molecular weight is 294 g/mol. The summed E-state index contributed by atoms with van der Waals surface area (Å²) in [7, 11) is 0. The highest BCUT2D eigenvalue weighted by Crippen LogP contribution is 2.37. The predicted molar refractivity (Wildman–Crippen MR) is 62.4 cm³/mol. The quantitative estimate of drug-likeness (QED) is 0.608. The fourth-order valence-corrected chi connectivity index (χ4v) is 1.59. The summed E-state index contributed by atoms with van der Waals surface area (Å²) in [5.74, 6) is -1.23. The molecule has 0 spiro atoms. The van der Waals surface area contributed by atoms with Gasteiger partial charge in [0, 0.05) is 11.1 Å². The van der Waals surface area contributed by atoms with E-state index in [0.717, 1.165) is 18.2 Å². The van der Waals surface area contributed by atoms with E-state index in [9.17, 15) is 26.7 Å². The maximum Gasteiger partial charge on any atom is 0.416 e. The zero-order valence-electron chi connectivity index (χ0n) is 10.4. The maximum atomic E-state index is 12.8. The Kier molecular flexibility index (Phi) is 4.86. The van der Waals surface area contributed by atoms with Crippen LogP contribution in [0.25, 0.3) is 5.57 Å². The fourth-order valence-electron chi connectivity index (χ4n) is 1.59. The molecular weight excluding hydrogens is 283 g/mol. The lowest BCUT2D eigenvalue weighted by Crippen LogP contribution is -2.16. The molecule has 0 fully saturated rings. The number of hydrogen-bond donors (Lipinski definition) is 0. The van der Waals surface area contributed by atoms with Gasteiger partial charge in [-0.3, -0.25) is 0 Å². The van der Waals surface area contributed by atoms with Crippen LogP contribution in [0.1, 0.15) is 34.8 Å². The van der Waals surface area contributed by atoms with Crippen molar-refractivity contribution in [1.82, 2.24) is 0 Å². The van der Waals surface area contributed by atoms with Gasteiger partial charge in [-0.05, 0) is 6.92 Å². The molecule has 0 unspecified atom stereocenters. The summed E-state index contributed by atoms with van der Waals surface area (Å²) < 4.78 is 68.2. The third-order valence-electron chi connectivity index (χ3n) is 2.48. The van der Waals surface area contributed by atoms with Crippen molar-refractivity contribution in [3.63, 3.8) is 0 Å². The summed E-state index contributed by atoms with van der Waals surface area (Å²) in [6.07, 6.45) is -7.93. The van der Waals surface area contributed by atoms with Gasteiger partial charge in [0.05, 0.1) is 17.7 Å². The summed E-state index contributed by atoms with van der Waals surface area (Å²) in [5.41, 5.74) is -3.69. The molecule has 20 heavy (non-hydrogen) atoms. The zero-order valence-corrected chi connectivity index (χ0v) is 10.4. The maximum absolute atomic E-state index is 12.8. The van der Waals surface area contributed by atoms with Crippen LogP contribution in [0.15, 0.2) is 24.8 Å². The molecule has 0 heterocycles. The van der Waals surface area contributed by atoms with Crippen LogP contribution in [0.2, 0.25) is 0 Å². The van der Waals surface area contributed by atoms with E-state index in [0.29, 0.717) is 0 Å². The first-order valence-electron chi connectivity index (χ1n) is 5.54. The van der Waals surface area contributed by atoms with Gasteiger partial charge in [0.2, 0.25) is 0 Å². The van der Waals surface area contributed by atoms with Gasteiger partial charge in [-0.2, -0.15) is 13.2 Å². The molecule has 2 nitrogen and oxygen atoms in total. The summed E-state index contributed by atoms with van der Waals surface area (Å²) in [4.78, 5) is 11.7. The highest BCUT2D eigenvalue weighted by Gasteiger charge is 2.36. The van der Waals surface area contributed by atoms with E-state index < -0.39 is 40.8 Å². The minimum absolute atomic E-state index is 0.145. The molecule has 0 aromatic heterocycles. The van der Waals surface area contributed by atoms with Crippen LogP contribution in [0, 0.1) is 0 Å². The molecule has 0 aliphatic heterocycles. The molecule has 0 aliphatic rings. The lowest BCUT2D eigenvalue weighted by Gasteiger charge is -2.16. The molecule has 0 atom stereocenters. The second-order valence-corrected chi connectivity index (χ2v) is 3.77. The summed E-state index contributed by atoms with van der Waals surface area (Å²) in [6, 6.07) is 2.80. The smallest absolute Gasteiger partial charge is 0.416 e. The summed E-state index contributed by atoms with van der Waals surface area (Å²) >= 11 is 0. The van der Waals surface area contributed by atoms with Crippen LogP contribution < -0.4 is 0 Å². The van der Waals surface area contributed by atoms with E-state index in [1.165, 1.54) is 6.92 Å². The molecule has 0 bridgehead atoms. The average Bonchev–Trinajstić information content (AvgIpc) is 2.36. The fraction of sp³-hybridized carbons (Fsp3) is 0.308. The van der Waals surface area contributed by atoms with Gasteiger partial charge >= 0.3 is 12.1 Å². The molecule has 0 aliphatic carbocycles. The molecule has 7 heteroatoms. The zero-order chi connectivity index (χ0) is 15.5. The number of ether oxygens (including phenoxy) is 1. The Morgan fingerprint density at radius 3 is 2.40 bits per heavy atom. The third-order valence-corrected chi connectivity index (χ3v) is 2.48. The molecule has 110 valence electrons. The van der Waals surface area contributed by atoms with Crippen molar-refractivity contribution in [2.75, 3.05) is 6.61 Å². The SMILES string of the molecule is C=C(c1cccc(C(F)F)c1C(=O)OCC)C(F)(F)F. The second kappa shape index (κ2) is 6.02. The number of carbonyl (C=O) groups excluding carboxylic acids is 1. The van der Waals surface area contributed by atoms with Gasteiger partial charge in [0.15, 0.2) is 0 Å². The Morgan fingerprint density at radius 1 is 1.35 bits per heavy atom. The van der Waals surface area contributed by atoms with Crippen molar-refractivity contribution in [1.29, 1.82) is 0 Å². The first-order chi connectivity index (χ1) is 9.20. The van der Waals surface area contributed by atoms with E-state index in [2.05, 4.69) is 11.3 Å². The summed E-state index contributed by atoms with van der Waals surface area (Å²) in [6.45, 7) is 4.10. The highest BCUT2D eigenvalue weighted by molar-refractivity contribution is 5.97. The Morgan fingerprint density at radius 2 is 1.95 bits per heavy atom. The van der Waals surface area contributed by atoms with Crippen LogP contribution in [0.3, 0.4) is 0 Å². The predicted octanol–water partition coefficient (Wildman–Crippen LogP) is 4.38. The minimum atomic E-state index is -4.83. The molecule has 0 saturated carbocycles. The Labute approximate surface area is 111 Å². The van der Waals surface area contributed by atoms with E-state index in [1.54, 1.807) is 0 Å². The Hall–Kier alpha value is -1.92. The topological polar surface area (TPSA) is 26.3 Å². The number of allylic oxidation sites excluding steroid dienone is 1. The van der Waals surface area contributed by atoms with E-state index in [-0.39, 0.29) is 6.61 Å². The van der Waals surface area contributed by atoms with Gasteiger partial charge in [-0.1, -0.05) is 24.8 Å². The molecular formula is C13H11F5O2. The Bertz CT molecular complexity index is 520. The van der Waals surface area contributed by atoms with Crippen molar-refractivity contribution < 1.29 is 31.5 Å². The van der Waals surface area contributed by atoms with E-state index >= 15 is 0 Å². The van der Waals surface area contributed by atoms with Crippen LogP contribution in [0.5, 0.6) is 0 Å². The number of rotatable bonds is 4. The normalized spacial score (nSPS) is 11.6. The molecule has 1 rings (SSSR count). The van der Waals surface area contributed by atoms with Crippen molar-refractivity contribution in [3.05, 3.63) is 41.5 Å². The Balaban J connectivity index is 3.48. The van der Waals surface area contributed by atoms with E-state index in [1.807, 2.05) is 0 Å². The van der Waals surface area contributed by atoms with Crippen molar-refractivity contribution in [2.24, 2.45) is 0 Å². The molecule has 1 aromatic rings. The molecule has 0 radical (unpaired) electrons. The summed E-state index contributed by atoms with van der Waals surface area (Å²) in [5, 5.41) is 0. The monoisotopic (exact) mass is 294 g/mol. The number of esters is 1. The number of benzene rings is 1. The van der Waals surface area contributed by atoms with Gasteiger partial charge < -0.3 is 4.74 Å². The number of carbonyl (C=O) groups is 1. The number of halogens is 5. The van der Waals surface area contributed by atoms with Crippen molar-refractivity contribution in [2.45, 2.75) is 19.5 Å². The second-order valence-electron chi connectivity index (χ2n) is 3.77. The van der Waals surface area contributed by atoms with Gasteiger partial charge in [0.25, 0.3) is 6.43 Å². The van der Waals surface area contributed by atoms with E-state index in [4.69, 9.17) is 0 Å². The van der Waals surface area contributed by atoms with Crippen molar-refractivity contribution in [3.8, 4) is 0 Å². The van der Waals surface area contributed by atoms with Crippen LogP contribution in [-0.4, -0.2) is 18.8 Å². The van der Waals surface area contributed by atoms with Gasteiger partial charge in [0.1, 0.15) is 0 Å². The lowest BCUT2D eigenvalue weighted by atomic mass is 9.96. The first kappa shape index (κ1) is 16.1. The lowest BCUT2D eigenvalue weighted by molar-refractivity contribution is -0.0687.